The minimum absolute atomic E-state index is 0.125. The summed E-state index contributed by atoms with van der Waals surface area (Å²) in [6.45, 7) is 4.18. The molecule has 0 atom stereocenters. The summed E-state index contributed by atoms with van der Waals surface area (Å²) < 4.78 is 0. The van der Waals surface area contributed by atoms with Crippen LogP contribution < -0.4 is 5.32 Å². The van der Waals surface area contributed by atoms with E-state index in [0.29, 0.717) is 11.5 Å². The second-order valence-corrected chi connectivity index (χ2v) is 5.10. The molecular formula is C17H19NO2. The highest BCUT2D eigenvalue weighted by Crippen LogP contribution is 2.24. The molecule has 2 aromatic rings. The lowest BCUT2D eigenvalue weighted by atomic mass is 10.0. The van der Waals surface area contributed by atoms with Crippen molar-refractivity contribution >= 4 is 11.6 Å². The topological polar surface area (TPSA) is 49.3 Å². The third-order valence-corrected chi connectivity index (χ3v) is 3.20. The molecule has 2 N–H and O–H groups in total. The van der Waals surface area contributed by atoms with E-state index in [1.807, 2.05) is 30.3 Å². The summed E-state index contributed by atoms with van der Waals surface area (Å²) in [7, 11) is 0. The summed E-state index contributed by atoms with van der Waals surface area (Å²) in [4.78, 5) is 12.1. The molecule has 0 spiro atoms. The third kappa shape index (κ3) is 3.38. The molecule has 0 bridgehead atoms. The van der Waals surface area contributed by atoms with Crippen molar-refractivity contribution in [1.29, 1.82) is 0 Å². The lowest BCUT2D eigenvalue weighted by Crippen LogP contribution is -2.15. The molecule has 0 fully saturated rings. The van der Waals surface area contributed by atoms with E-state index in [1.54, 1.807) is 18.2 Å². The maximum Gasteiger partial charge on any atom is 0.228 e. The van der Waals surface area contributed by atoms with Crippen LogP contribution >= 0.6 is 0 Å². The van der Waals surface area contributed by atoms with Crippen LogP contribution in [-0.4, -0.2) is 11.0 Å². The Kier molecular flexibility index (Phi) is 4.41. The zero-order valence-electron chi connectivity index (χ0n) is 11.8. The van der Waals surface area contributed by atoms with Gasteiger partial charge in [-0.3, -0.25) is 4.79 Å². The average molecular weight is 269 g/mol. The fourth-order valence-corrected chi connectivity index (χ4v) is 2.14. The predicted molar refractivity (Wildman–Crippen MR) is 81.0 cm³/mol. The Morgan fingerprint density at radius 2 is 1.75 bits per heavy atom. The Balaban J connectivity index is 2.11. The molecule has 20 heavy (non-hydrogen) atoms. The first kappa shape index (κ1) is 14.1. The highest BCUT2D eigenvalue weighted by molar-refractivity contribution is 5.93. The third-order valence-electron chi connectivity index (χ3n) is 3.20. The maximum absolute atomic E-state index is 12.1. The molecule has 0 aromatic heterocycles. The summed E-state index contributed by atoms with van der Waals surface area (Å²) in [5.74, 6) is 0.371. The van der Waals surface area contributed by atoms with Gasteiger partial charge in [-0.2, -0.15) is 0 Å². The molecule has 0 saturated heterocycles. The summed E-state index contributed by atoms with van der Waals surface area (Å²) in [5.41, 5.74) is 2.58. The fourth-order valence-electron chi connectivity index (χ4n) is 2.14. The number of phenolic OH excluding ortho intramolecular Hbond substituents is 1. The molecule has 0 unspecified atom stereocenters. The van der Waals surface area contributed by atoms with Gasteiger partial charge in [0.25, 0.3) is 0 Å². The second-order valence-electron chi connectivity index (χ2n) is 5.10. The SMILES string of the molecule is CC(C)c1ccccc1NC(=O)Cc1ccccc1O. The van der Waals surface area contributed by atoms with E-state index in [4.69, 9.17) is 0 Å². The van der Waals surface area contributed by atoms with Gasteiger partial charge in [0.05, 0.1) is 6.42 Å². The Morgan fingerprint density at radius 1 is 1.10 bits per heavy atom. The number of amides is 1. The molecule has 0 heterocycles. The van der Waals surface area contributed by atoms with E-state index in [0.717, 1.165) is 11.3 Å². The van der Waals surface area contributed by atoms with Crippen LogP contribution in [0.1, 0.15) is 30.9 Å². The first-order chi connectivity index (χ1) is 9.58. The zero-order chi connectivity index (χ0) is 14.5. The second kappa shape index (κ2) is 6.24. The Labute approximate surface area is 119 Å². The number of anilines is 1. The smallest absolute Gasteiger partial charge is 0.228 e. The number of para-hydroxylation sites is 2. The highest BCUT2D eigenvalue weighted by Gasteiger charge is 2.11. The van der Waals surface area contributed by atoms with Crippen LogP contribution in [0.5, 0.6) is 5.75 Å². The maximum atomic E-state index is 12.1. The molecule has 2 rings (SSSR count). The van der Waals surface area contributed by atoms with Crippen molar-refractivity contribution < 1.29 is 9.90 Å². The Hall–Kier alpha value is -2.29. The normalized spacial score (nSPS) is 10.6. The Bertz CT molecular complexity index is 605. The zero-order valence-corrected chi connectivity index (χ0v) is 11.8. The number of rotatable bonds is 4. The number of carbonyl (C=O) groups is 1. The standard InChI is InChI=1S/C17H19NO2/c1-12(2)14-8-4-5-9-15(14)18-17(20)11-13-7-3-6-10-16(13)19/h3-10,12,19H,11H2,1-2H3,(H,18,20). The van der Waals surface area contributed by atoms with Gasteiger partial charge in [0.15, 0.2) is 0 Å². The van der Waals surface area contributed by atoms with Crippen molar-refractivity contribution in [3.05, 3.63) is 59.7 Å². The van der Waals surface area contributed by atoms with Crippen LogP contribution in [0.4, 0.5) is 5.69 Å². The molecule has 3 heteroatoms. The number of hydrogen-bond donors (Lipinski definition) is 2. The van der Waals surface area contributed by atoms with Gasteiger partial charge >= 0.3 is 0 Å². The van der Waals surface area contributed by atoms with Crippen LogP contribution in [-0.2, 0) is 11.2 Å². The van der Waals surface area contributed by atoms with Gasteiger partial charge in [0.1, 0.15) is 5.75 Å². The monoisotopic (exact) mass is 269 g/mol. The van der Waals surface area contributed by atoms with Gasteiger partial charge in [-0.1, -0.05) is 50.2 Å². The van der Waals surface area contributed by atoms with E-state index in [1.165, 1.54) is 0 Å². The molecule has 0 aliphatic heterocycles. The van der Waals surface area contributed by atoms with Crippen LogP contribution in [0.15, 0.2) is 48.5 Å². The largest absolute Gasteiger partial charge is 0.508 e. The first-order valence-corrected chi connectivity index (χ1v) is 6.73. The predicted octanol–water partition coefficient (Wildman–Crippen LogP) is 3.70. The number of carbonyl (C=O) groups excluding carboxylic acids is 1. The van der Waals surface area contributed by atoms with Crippen LogP contribution in [0.25, 0.3) is 0 Å². The molecule has 1 amide bonds. The van der Waals surface area contributed by atoms with Crippen LogP contribution in [0.2, 0.25) is 0 Å². The van der Waals surface area contributed by atoms with E-state index in [9.17, 15) is 9.90 Å². The van der Waals surface area contributed by atoms with Gasteiger partial charge < -0.3 is 10.4 Å². The van der Waals surface area contributed by atoms with Crippen molar-refractivity contribution in [3.8, 4) is 5.75 Å². The van der Waals surface area contributed by atoms with Crippen molar-refractivity contribution in [2.75, 3.05) is 5.32 Å². The number of phenols is 1. The number of hydrogen-bond acceptors (Lipinski definition) is 2. The molecule has 2 aromatic carbocycles. The van der Waals surface area contributed by atoms with Crippen LogP contribution in [0.3, 0.4) is 0 Å². The van der Waals surface area contributed by atoms with Crippen molar-refractivity contribution in [2.24, 2.45) is 0 Å². The molecule has 0 aliphatic rings. The van der Waals surface area contributed by atoms with Crippen molar-refractivity contribution in [2.45, 2.75) is 26.2 Å². The van der Waals surface area contributed by atoms with Gasteiger partial charge in [0, 0.05) is 11.3 Å². The first-order valence-electron chi connectivity index (χ1n) is 6.73. The van der Waals surface area contributed by atoms with E-state index < -0.39 is 0 Å². The number of aromatic hydroxyl groups is 1. The minimum atomic E-state index is -0.125. The highest BCUT2D eigenvalue weighted by atomic mass is 16.3. The quantitative estimate of drug-likeness (QED) is 0.889. The van der Waals surface area contributed by atoms with Crippen molar-refractivity contribution in [3.63, 3.8) is 0 Å². The van der Waals surface area contributed by atoms with E-state index >= 15 is 0 Å². The molecule has 0 radical (unpaired) electrons. The van der Waals surface area contributed by atoms with Gasteiger partial charge in [-0.15, -0.1) is 0 Å². The lowest BCUT2D eigenvalue weighted by Gasteiger charge is -2.13. The molecule has 3 nitrogen and oxygen atoms in total. The van der Waals surface area contributed by atoms with Crippen molar-refractivity contribution in [1.82, 2.24) is 0 Å². The minimum Gasteiger partial charge on any atom is -0.508 e. The van der Waals surface area contributed by atoms with Gasteiger partial charge in [-0.05, 0) is 23.6 Å². The summed E-state index contributed by atoms with van der Waals surface area (Å²) in [5, 5.41) is 12.6. The Morgan fingerprint density at radius 3 is 2.45 bits per heavy atom. The summed E-state index contributed by atoms with van der Waals surface area (Å²) in [6.07, 6.45) is 0.166. The van der Waals surface area contributed by atoms with Crippen LogP contribution in [0, 0.1) is 0 Å². The number of nitrogens with one attached hydrogen (secondary N) is 1. The molecule has 0 saturated carbocycles. The number of benzene rings is 2. The van der Waals surface area contributed by atoms with E-state index in [2.05, 4.69) is 19.2 Å². The van der Waals surface area contributed by atoms with Gasteiger partial charge in [0.2, 0.25) is 5.91 Å². The summed E-state index contributed by atoms with van der Waals surface area (Å²) in [6, 6.07) is 14.7. The summed E-state index contributed by atoms with van der Waals surface area (Å²) >= 11 is 0. The average Bonchev–Trinajstić information content (AvgIpc) is 2.41. The lowest BCUT2D eigenvalue weighted by molar-refractivity contribution is -0.115. The van der Waals surface area contributed by atoms with Gasteiger partial charge in [-0.25, -0.2) is 0 Å². The molecular weight excluding hydrogens is 250 g/mol. The molecule has 0 aliphatic carbocycles. The molecule has 104 valence electrons. The van der Waals surface area contributed by atoms with E-state index in [-0.39, 0.29) is 18.1 Å². The fraction of sp³-hybridized carbons (Fsp3) is 0.235.